The van der Waals surface area contributed by atoms with Gasteiger partial charge in [0.05, 0.1) is 11.6 Å². The number of rotatable bonds is 5. The van der Waals surface area contributed by atoms with Crippen LogP contribution in [0.3, 0.4) is 0 Å². The second-order valence-corrected chi connectivity index (χ2v) is 7.87. The lowest BCUT2D eigenvalue weighted by molar-refractivity contribution is -0.139. The number of aliphatic hydroxyl groups excluding tert-OH is 1. The van der Waals surface area contributed by atoms with Gasteiger partial charge in [0.1, 0.15) is 5.76 Å². The van der Waals surface area contributed by atoms with Crippen LogP contribution >= 0.6 is 11.3 Å². The van der Waals surface area contributed by atoms with Crippen molar-refractivity contribution in [2.75, 3.05) is 6.54 Å². The number of likely N-dealkylation sites (tertiary alicyclic amines) is 1. The van der Waals surface area contributed by atoms with Gasteiger partial charge < -0.3 is 10.0 Å². The van der Waals surface area contributed by atoms with E-state index in [9.17, 15) is 14.7 Å². The Labute approximate surface area is 167 Å². The normalized spacial score (nSPS) is 18.9. The molecule has 1 atom stereocenters. The highest BCUT2D eigenvalue weighted by Gasteiger charge is 2.46. The predicted molar refractivity (Wildman–Crippen MR) is 112 cm³/mol. The molecule has 1 aromatic heterocycles. The van der Waals surface area contributed by atoms with Gasteiger partial charge in [-0.1, -0.05) is 61.9 Å². The molecule has 2 heterocycles. The van der Waals surface area contributed by atoms with Gasteiger partial charge in [-0.15, -0.1) is 11.3 Å². The van der Waals surface area contributed by atoms with Crippen molar-refractivity contribution in [2.45, 2.75) is 25.8 Å². The van der Waals surface area contributed by atoms with Crippen LogP contribution in [0, 0.1) is 0 Å². The van der Waals surface area contributed by atoms with Gasteiger partial charge in [-0.25, -0.2) is 0 Å². The zero-order valence-corrected chi connectivity index (χ0v) is 16.4. The highest BCUT2D eigenvalue weighted by molar-refractivity contribution is 7.10. The third-order valence-electron chi connectivity index (χ3n) is 5.15. The van der Waals surface area contributed by atoms with Gasteiger partial charge >= 0.3 is 0 Å². The van der Waals surface area contributed by atoms with E-state index in [1.165, 1.54) is 11.3 Å². The molecular weight excluding hydrogens is 370 g/mol. The molecule has 28 heavy (non-hydrogen) atoms. The van der Waals surface area contributed by atoms with Crippen LogP contribution in [-0.4, -0.2) is 28.2 Å². The Balaban J connectivity index is 1.92. The standard InChI is InChI=1S/C23H21NO3S/c1-2-3-13-24-20(18-12-7-14-28-18)19(22(26)23(24)27)21(25)17-11-6-9-15-8-4-5-10-16(15)17/h4-12,14,20,25H,2-3,13H2,1H3/b21-19-. The molecule has 1 aliphatic rings. The first-order valence-electron chi connectivity index (χ1n) is 9.43. The van der Waals surface area contributed by atoms with Crippen LogP contribution in [0.15, 0.2) is 65.6 Å². The summed E-state index contributed by atoms with van der Waals surface area (Å²) in [6, 6.07) is 16.6. The van der Waals surface area contributed by atoms with Crippen LogP contribution in [0.2, 0.25) is 0 Å². The molecule has 3 aromatic rings. The largest absolute Gasteiger partial charge is 0.507 e. The summed E-state index contributed by atoms with van der Waals surface area (Å²) in [5.41, 5.74) is 0.757. The number of carbonyl (C=O) groups is 2. The number of nitrogens with zero attached hydrogens (tertiary/aromatic N) is 1. The molecular formula is C23H21NO3S. The maximum atomic E-state index is 12.9. The van der Waals surface area contributed by atoms with Crippen molar-refractivity contribution in [3.05, 3.63) is 76.0 Å². The Morgan fingerprint density at radius 3 is 2.61 bits per heavy atom. The summed E-state index contributed by atoms with van der Waals surface area (Å²) < 4.78 is 0. The third-order valence-corrected chi connectivity index (χ3v) is 6.07. The summed E-state index contributed by atoms with van der Waals surface area (Å²) in [6.07, 6.45) is 1.73. The number of Topliss-reactive ketones (excluding diaryl/α,β-unsaturated/α-hetero) is 1. The first kappa shape index (κ1) is 18.4. The van der Waals surface area contributed by atoms with E-state index in [1.807, 2.05) is 60.8 Å². The Morgan fingerprint density at radius 2 is 1.86 bits per heavy atom. The SMILES string of the molecule is CCCCN1C(=O)C(=O)/C(=C(\O)c2cccc3ccccc23)C1c1cccs1. The zero-order chi connectivity index (χ0) is 19.7. The molecule has 1 amide bonds. The molecule has 0 bridgehead atoms. The summed E-state index contributed by atoms with van der Waals surface area (Å²) in [5, 5.41) is 15.0. The fraction of sp³-hybridized carbons (Fsp3) is 0.217. The number of amides is 1. The fourth-order valence-electron chi connectivity index (χ4n) is 3.76. The van der Waals surface area contributed by atoms with Gasteiger partial charge in [-0.3, -0.25) is 9.59 Å². The highest BCUT2D eigenvalue weighted by atomic mass is 32.1. The fourth-order valence-corrected chi connectivity index (χ4v) is 4.60. The van der Waals surface area contributed by atoms with Gasteiger partial charge in [0.2, 0.25) is 0 Å². The van der Waals surface area contributed by atoms with Crippen molar-refractivity contribution < 1.29 is 14.7 Å². The second kappa shape index (κ2) is 7.60. The smallest absolute Gasteiger partial charge is 0.295 e. The van der Waals surface area contributed by atoms with Crippen LogP contribution in [0.5, 0.6) is 0 Å². The third kappa shape index (κ3) is 3.02. The molecule has 1 unspecified atom stereocenters. The van der Waals surface area contributed by atoms with Gasteiger partial charge in [-0.05, 0) is 28.6 Å². The van der Waals surface area contributed by atoms with E-state index in [4.69, 9.17) is 0 Å². The number of thiophene rings is 1. The topological polar surface area (TPSA) is 57.6 Å². The Bertz CT molecular complexity index is 1060. The number of benzene rings is 2. The van der Waals surface area contributed by atoms with E-state index < -0.39 is 17.7 Å². The number of unbranched alkanes of at least 4 members (excludes halogenated alkanes) is 1. The van der Waals surface area contributed by atoms with Crippen LogP contribution in [0.25, 0.3) is 16.5 Å². The molecule has 0 aliphatic carbocycles. The van der Waals surface area contributed by atoms with Crippen LogP contribution in [-0.2, 0) is 9.59 Å². The minimum atomic E-state index is -0.611. The molecule has 1 aliphatic heterocycles. The minimum Gasteiger partial charge on any atom is -0.507 e. The van der Waals surface area contributed by atoms with Gasteiger partial charge in [0.15, 0.2) is 0 Å². The quantitative estimate of drug-likeness (QED) is 0.373. The molecule has 0 spiro atoms. The van der Waals surface area contributed by atoms with Crippen LogP contribution in [0.4, 0.5) is 0 Å². The van der Waals surface area contributed by atoms with Gasteiger partial charge in [-0.2, -0.15) is 0 Å². The Morgan fingerprint density at radius 1 is 1.07 bits per heavy atom. The number of hydrogen-bond donors (Lipinski definition) is 1. The molecule has 142 valence electrons. The van der Waals surface area contributed by atoms with Crippen molar-refractivity contribution in [3.63, 3.8) is 0 Å². The van der Waals surface area contributed by atoms with Crippen molar-refractivity contribution in [1.29, 1.82) is 0 Å². The molecule has 4 rings (SSSR count). The van der Waals surface area contributed by atoms with Gasteiger partial charge in [0.25, 0.3) is 11.7 Å². The average Bonchev–Trinajstić information content (AvgIpc) is 3.33. The van der Waals surface area contributed by atoms with E-state index in [0.29, 0.717) is 12.1 Å². The van der Waals surface area contributed by atoms with E-state index in [-0.39, 0.29) is 11.3 Å². The van der Waals surface area contributed by atoms with Crippen molar-refractivity contribution in [1.82, 2.24) is 4.90 Å². The molecule has 0 radical (unpaired) electrons. The summed E-state index contributed by atoms with van der Waals surface area (Å²) in [7, 11) is 0. The predicted octanol–water partition coefficient (Wildman–Crippen LogP) is 5.12. The number of ketones is 1. The molecule has 2 aromatic carbocycles. The second-order valence-electron chi connectivity index (χ2n) is 6.89. The van der Waals surface area contributed by atoms with Crippen LogP contribution in [0.1, 0.15) is 36.2 Å². The molecule has 1 fully saturated rings. The maximum absolute atomic E-state index is 12.9. The van der Waals surface area contributed by atoms with E-state index in [2.05, 4.69) is 0 Å². The molecule has 4 nitrogen and oxygen atoms in total. The number of fused-ring (bicyclic) bond motifs is 1. The summed E-state index contributed by atoms with van der Waals surface area (Å²) in [5.74, 6) is -1.25. The summed E-state index contributed by atoms with van der Waals surface area (Å²) in [4.78, 5) is 28.2. The number of aliphatic hydroxyl groups is 1. The average molecular weight is 391 g/mol. The van der Waals surface area contributed by atoms with E-state index in [1.54, 1.807) is 11.0 Å². The lowest BCUT2D eigenvalue weighted by Gasteiger charge is -2.24. The molecule has 1 N–H and O–H groups in total. The molecule has 0 saturated carbocycles. The number of carbonyl (C=O) groups excluding carboxylic acids is 2. The van der Waals surface area contributed by atoms with Crippen LogP contribution < -0.4 is 0 Å². The van der Waals surface area contributed by atoms with E-state index >= 15 is 0 Å². The minimum absolute atomic E-state index is 0.104. The molecule has 5 heteroatoms. The highest BCUT2D eigenvalue weighted by Crippen LogP contribution is 2.42. The Kier molecular flexibility index (Phi) is 5.01. The maximum Gasteiger partial charge on any atom is 0.295 e. The van der Waals surface area contributed by atoms with E-state index in [0.717, 1.165) is 28.5 Å². The Hall–Kier alpha value is -2.92. The van der Waals surface area contributed by atoms with Gasteiger partial charge in [0, 0.05) is 17.0 Å². The lowest BCUT2D eigenvalue weighted by Crippen LogP contribution is -2.30. The first-order chi connectivity index (χ1) is 13.6. The monoisotopic (exact) mass is 391 g/mol. The first-order valence-corrected chi connectivity index (χ1v) is 10.3. The summed E-state index contributed by atoms with van der Waals surface area (Å²) in [6.45, 7) is 2.54. The van der Waals surface area contributed by atoms with Crippen molar-refractivity contribution in [3.8, 4) is 0 Å². The summed E-state index contributed by atoms with van der Waals surface area (Å²) >= 11 is 1.49. The molecule has 1 saturated heterocycles. The van der Waals surface area contributed by atoms with Crippen molar-refractivity contribution >= 4 is 39.6 Å². The number of hydrogen-bond acceptors (Lipinski definition) is 4. The lowest BCUT2D eigenvalue weighted by atomic mass is 9.96. The zero-order valence-electron chi connectivity index (χ0n) is 15.6. The van der Waals surface area contributed by atoms with Crippen molar-refractivity contribution in [2.24, 2.45) is 0 Å².